The van der Waals surface area contributed by atoms with E-state index in [9.17, 15) is 14.4 Å². The molecule has 0 fully saturated rings. The second kappa shape index (κ2) is 10.9. The smallest absolute Gasteiger partial charge is 0.408 e. The summed E-state index contributed by atoms with van der Waals surface area (Å²) in [6.45, 7) is 0.0335. The number of imidazole rings is 1. The highest BCUT2D eigenvalue weighted by Crippen LogP contribution is 2.13. The van der Waals surface area contributed by atoms with Crippen molar-refractivity contribution in [3.8, 4) is 0 Å². The predicted octanol–water partition coefficient (Wildman–Crippen LogP) is 4.17. The molecule has 1 heterocycles. The third-order valence-electron chi connectivity index (χ3n) is 5.06. The van der Waals surface area contributed by atoms with Crippen molar-refractivity contribution in [2.24, 2.45) is 0 Å². The van der Waals surface area contributed by atoms with Crippen molar-refractivity contribution in [2.75, 3.05) is 0 Å². The molecular formula is C26H23N3O5. The van der Waals surface area contributed by atoms with Crippen molar-refractivity contribution in [3.63, 3.8) is 0 Å². The first-order valence-corrected chi connectivity index (χ1v) is 10.7. The molecule has 0 saturated heterocycles. The van der Waals surface area contributed by atoms with E-state index in [-0.39, 0.29) is 25.5 Å². The molecule has 0 unspecified atom stereocenters. The number of nitrogens with one attached hydrogen (secondary N) is 2. The molecule has 8 heteroatoms. The van der Waals surface area contributed by atoms with Gasteiger partial charge in [0.2, 0.25) is 5.78 Å². The van der Waals surface area contributed by atoms with Gasteiger partial charge in [0.1, 0.15) is 19.3 Å². The van der Waals surface area contributed by atoms with E-state index >= 15 is 0 Å². The third-order valence-corrected chi connectivity index (χ3v) is 5.06. The molecule has 0 aliphatic rings. The highest BCUT2D eigenvalue weighted by Gasteiger charge is 2.28. The number of carbonyl (C=O) groups excluding carboxylic acids is 3. The molecule has 1 atom stereocenters. The van der Waals surface area contributed by atoms with Crippen molar-refractivity contribution in [2.45, 2.75) is 25.7 Å². The lowest BCUT2D eigenvalue weighted by Crippen LogP contribution is -2.43. The zero-order chi connectivity index (χ0) is 23.8. The van der Waals surface area contributed by atoms with E-state index in [1.54, 1.807) is 12.1 Å². The number of esters is 1. The van der Waals surface area contributed by atoms with Gasteiger partial charge in [0.05, 0.1) is 11.0 Å². The van der Waals surface area contributed by atoms with Crippen molar-refractivity contribution in [1.82, 2.24) is 15.3 Å². The van der Waals surface area contributed by atoms with Gasteiger partial charge in [-0.2, -0.15) is 0 Å². The van der Waals surface area contributed by atoms with Gasteiger partial charge in [-0.3, -0.25) is 4.79 Å². The number of nitrogens with zero attached hydrogens (tertiary/aromatic N) is 1. The molecule has 1 amide bonds. The van der Waals surface area contributed by atoms with Gasteiger partial charge in [-0.1, -0.05) is 72.8 Å². The average Bonchev–Trinajstić information content (AvgIpc) is 3.31. The maximum absolute atomic E-state index is 12.9. The largest absolute Gasteiger partial charge is 0.459 e. The van der Waals surface area contributed by atoms with Gasteiger partial charge in [0, 0.05) is 6.42 Å². The molecule has 1 aromatic heterocycles. The van der Waals surface area contributed by atoms with Gasteiger partial charge in [0.25, 0.3) is 0 Å². The summed E-state index contributed by atoms with van der Waals surface area (Å²) in [5, 5.41) is 2.46. The first kappa shape index (κ1) is 22.7. The summed E-state index contributed by atoms with van der Waals surface area (Å²) in [6.07, 6.45) is -1.17. The lowest BCUT2D eigenvalue weighted by molar-refractivity contribution is -0.147. The number of para-hydroxylation sites is 2. The molecule has 0 aliphatic carbocycles. The van der Waals surface area contributed by atoms with Crippen LogP contribution in [0.1, 0.15) is 28.2 Å². The van der Waals surface area contributed by atoms with Gasteiger partial charge < -0.3 is 19.8 Å². The first-order valence-electron chi connectivity index (χ1n) is 10.7. The maximum atomic E-state index is 12.9. The Labute approximate surface area is 195 Å². The summed E-state index contributed by atoms with van der Waals surface area (Å²) in [6, 6.07) is 24.2. The highest BCUT2D eigenvalue weighted by molar-refractivity contribution is 5.99. The Morgan fingerprint density at radius 2 is 1.38 bits per heavy atom. The number of amides is 1. The van der Waals surface area contributed by atoms with Crippen molar-refractivity contribution < 1.29 is 23.9 Å². The minimum atomic E-state index is -1.24. The van der Waals surface area contributed by atoms with Crippen LogP contribution in [0.3, 0.4) is 0 Å². The number of carbonyl (C=O) groups is 3. The monoisotopic (exact) mass is 457 g/mol. The molecule has 4 rings (SSSR count). The minimum absolute atomic E-state index is 0.00967. The van der Waals surface area contributed by atoms with E-state index in [0.717, 1.165) is 11.1 Å². The Morgan fingerprint density at radius 1 is 0.794 bits per heavy atom. The van der Waals surface area contributed by atoms with Crippen molar-refractivity contribution in [3.05, 3.63) is 102 Å². The second-order valence-electron chi connectivity index (χ2n) is 7.58. The van der Waals surface area contributed by atoms with Crippen molar-refractivity contribution >= 4 is 28.9 Å². The van der Waals surface area contributed by atoms with Crippen LogP contribution in [-0.4, -0.2) is 33.9 Å². The van der Waals surface area contributed by atoms with E-state index in [1.165, 1.54) is 0 Å². The quantitative estimate of drug-likeness (QED) is 0.288. The molecule has 172 valence electrons. The number of Topliss-reactive ketones (excluding diaryl/α,β-unsaturated/α-hetero) is 1. The van der Waals surface area contributed by atoms with Crippen LogP contribution >= 0.6 is 0 Å². The molecule has 0 radical (unpaired) electrons. The number of aromatic amines is 1. The molecule has 3 aromatic carbocycles. The summed E-state index contributed by atoms with van der Waals surface area (Å²) >= 11 is 0. The normalized spacial score (nSPS) is 11.5. The van der Waals surface area contributed by atoms with E-state index in [4.69, 9.17) is 9.47 Å². The van der Waals surface area contributed by atoms with Crippen LogP contribution < -0.4 is 5.32 Å². The number of rotatable bonds is 9. The number of alkyl carbamates (subject to hydrolysis) is 1. The Balaban J connectivity index is 1.43. The molecule has 0 bridgehead atoms. The summed E-state index contributed by atoms with van der Waals surface area (Å²) in [5.74, 6) is -1.09. The SMILES string of the molecule is O=C(N[C@H](CC(=O)c1nc2ccccc2[nH]1)C(=O)OCc1ccccc1)OCc1ccccc1. The lowest BCUT2D eigenvalue weighted by Gasteiger charge is -2.17. The van der Waals surface area contributed by atoms with Crippen LogP contribution in [0.2, 0.25) is 0 Å². The Morgan fingerprint density at radius 3 is 2.03 bits per heavy atom. The predicted molar refractivity (Wildman–Crippen MR) is 125 cm³/mol. The molecule has 4 aromatic rings. The van der Waals surface area contributed by atoms with Gasteiger partial charge >= 0.3 is 12.1 Å². The Kier molecular flexibility index (Phi) is 7.29. The third kappa shape index (κ3) is 6.07. The standard InChI is InChI=1S/C26H23N3O5/c30-23(24-27-20-13-7-8-14-21(20)28-24)15-22(25(31)33-16-18-9-3-1-4-10-18)29-26(32)34-17-19-11-5-2-6-12-19/h1-14,22H,15-17H2,(H,27,28)(H,29,32)/t22-/m1/s1. The maximum Gasteiger partial charge on any atom is 0.408 e. The summed E-state index contributed by atoms with van der Waals surface area (Å²) in [5.41, 5.74) is 2.90. The first-order chi connectivity index (χ1) is 16.6. The van der Waals surface area contributed by atoms with Gasteiger partial charge in [-0.05, 0) is 23.3 Å². The van der Waals surface area contributed by atoms with E-state index < -0.39 is 23.9 Å². The number of fused-ring (bicyclic) bond motifs is 1. The number of aromatic nitrogens is 2. The van der Waals surface area contributed by atoms with Gasteiger partial charge in [-0.25, -0.2) is 14.6 Å². The number of ether oxygens (including phenoxy) is 2. The van der Waals surface area contributed by atoms with E-state index in [0.29, 0.717) is 11.0 Å². The molecule has 2 N–H and O–H groups in total. The number of ketones is 1. The fraction of sp³-hybridized carbons (Fsp3) is 0.154. The van der Waals surface area contributed by atoms with Gasteiger partial charge in [-0.15, -0.1) is 0 Å². The Hall–Kier alpha value is -4.46. The second-order valence-corrected chi connectivity index (χ2v) is 7.58. The molecule has 0 aliphatic heterocycles. The lowest BCUT2D eigenvalue weighted by atomic mass is 10.1. The zero-order valence-corrected chi connectivity index (χ0v) is 18.3. The molecule has 8 nitrogen and oxygen atoms in total. The molecule has 34 heavy (non-hydrogen) atoms. The zero-order valence-electron chi connectivity index (χ0n) is 18.3. The molecule has 0 spiro atoms. The number of H-pyrrole nitrogens is 1. The summed E-state index contributed by atoms with van der Waals surface area (Å²) in [4.78, 5) is 45.3. The average molecular weight is 457 g/mol. The van der Waals surface area contributed by atoms with Crippen LogP contribution in [-0.2, 0) is 27.5 Å². The molecule has 0 saturated carbocycles. The molecular weight excluding hydrogens is 434 g/mol. The fourth-order valence-electron chi connectivity index (χ4n) is 3.30. The fourth-order valence-corrected chi connectivity index (χ4v) is 3.30. The van der Waals surface area contributed by atoms with Crippen LogP contribution in [0.25, 0.3) is 11.0 Å². The summed E-state index contributed by atoms with van der Waals surface area (Å²) in [7, 11) is 0. The van der Waals surface area contributed by atoms with Crippen LogP contribution in [0, 0.1) is 0 Å². The summed E-state index contributed by atoms with van der Waals surface area (Å²) < 4.78 is 10.6. The minimum Gasteiger partial charge on any atom is -0.459 e. The van der Waals surface area contributed by atoms with Crippen LogP contribution in [0.4, 0.5) is 4.79 Å². The number of benzene rings is 3. The van der Waals surface area contributed by atoms with Crippen LogP contribution in [0.15, 0.2) is 84.9 Å². The highest BCUT2D eigenvalue weighted by atomic mass is 16.6. The van der Waals surface area contributed by atoms with E-state index in [2.05, 4.69) is 15.3 Å². The topological polar surface area (TPSA) is 110 Å². The van der Waals surface area contributed by atoms with E-state index in [1.807, 2.05) is 72.8 Å². The van der Waals surface area contributed by atoms with Crippen molar-refractivity contribution in [1.29, 1.82) is 0 Å². The Bertz CT molecular complexity index is 1240. The number of hydrogen-bond acceptors (Lipinski definition) is 6. The number of hydrogen-bond donors (Lipinski definition) is 2. The van der Waals surface area contributed by atoms with Crippen LogP contribution in [0.5, 0.6) is 0 Å². The van der Waals surface area contributed by atoms with Gasteiger partial charge in [0.15, 0.2) is 5.82 Å².